The number of carbonyl (C=O) groups is 1. The first kappa shape index (κ1) is 17.9. The van der Waals surface area contributed by atoms with Crippen molar-refractivity contribution < 1.29 is 14.3 Å². The summed E-state index contributed by atoms with van der Waals surface area (Å²) in [7, 11) is 3.21. The van der Waals surface area contributed by atoms with Gasteiger partial charge in [-0.05, 0) is 24.3 Å². The van der Waals surface area contributed by atoms with Crippen molar-refractivity contribution in [3.8, 4) is 11.5 Å². The van der Waals surface area contributed by atoms with E-state index in [0.717, 1.165) is 17.0 Å². The number of halogens is 1. The number of methoxy groups -OCH3 is 2. The zero-order chi connectivity index (χ0) is 17.4. The van der Waals surface area contributed by atoms with Crippen LogP contribution in [0, 0.1) is 0 Å². The number of rotatable bonds is 8. The number of hydrogen-bond acceptors (Lipinski definition) is 4. The number of benzene rings is 2. The maximum atomic E-state index is 12.0. The van der Waals surface area contributed by atoms with Crippen LogP contribution in [0.5, 0.6) is 11.5 Å². The van der Waals surface area contributed by atoms with Crippen molar-refractivity contribution in [3.63, 3.8) is 0 Å². The first-order valence-electron chi connectivity index (χ1n) is 7.60. The Kier molecular flexibility index (Phi) is 6.75. The van der Waals surface area contributed by atoms with E-state index in [0.29, 0.717) is 30.3 Å². The summed E-state index contributed by atoms with van der Waals surface area (Å²) in [5.41, 5.74) is 1.71. The molecule has 5 nitrogen and oxygen atoms in total. The zero-order valence-electron chi connectivity index (χ0n) is 13.8. The maximum absolute atomic E-state index is 12.0. The summed E-state index contributed by atoms with van der Waals surface area (Å²) in [5.74, 6) is 1.41. The summed E-state index contributed by atoms with van der Waals surface area (Å²) in [6, 6.07) is 12.9. The van der Waals surface area contributed by atoms with Crippen molar-refractivity contribution in [1.29, 1.82) is 0 Å². The number of carbonyl (C=O) groups excluding carboxylic acids is 1. The Labute approximate surface area is 146 Å². The fraction of sp³-hybridized carbons (Fsp3) is 0.278. The van der Waals surface area contributed by atoms with Crippen LogP contribution in [-0.2, 0) is 11.3 Å². The van der Waals surface area contributed by atoms with Gasteiger partial charge in [-0.1, -0.05) is 29.8 Å². The van der Waals surface area contributed by atoms with Crippen molar-refractivity contribution in [1.82, 2.24) is 5.32 Å². The molecular weight excluding hydrogens is 328 g/mol. The fourth-order valence-electron chi connectivity index (χ4n) is 2.26. The fourth-order valence-corrected chi connectivity index (χ4v) is 2.43. The SMILES string of the molecule is COc1ccccc1CNC(=O)CCNc1cc(Cl)ccc1OC. The quantitative estimate of drug-likeness (QED) is 0.766. The lowest BCUT2D eigenvalue weighted by atomic mass is 10.2. The van der Waals surface area contributed by atoms with E-state index in [1.165, 1.54) is 0 Å². The molecule has 2 N–H and O–H groups in total. The van der Waals surface area contributed by atoms with Crippen LogP contribution in [0.3, 0.4) is 0 Å². The van der Waals surface area contributed by atoms with Crippen molar-refractivity contribution in [2.75, 3.05) is 26.1 Å². The van der Waals surface area contributed by atoms with Crippen LogP contribution in [0.1, 0.15) is 12.0 Å². The maximum Gasteiger partial charge on any atom is 0.222 e. The average molecular weight is 349 g/mol. The van der Waals surface area contributed by atoms with E-state index in [4.69, 9.17) is 21.1 Å². The Hall–Kier alpha value is -2.40. The lowest BCUT2D eigenvalue weighted by Crippen LogP contribution is -2.25. The van der Waals surface area contributed by atoms with E-state index in [9.17, 15) is 4.79 Å². The largest absolute Gasteiger partial charge is 0.496 e. The van der Waals surface area contributed by atoms with Gasteiger partial charge in [0.25, 0.3) is 0 Å². The monoisotopic (exact) mass is 348 g/mol. The minimum Gasteiger partial charge on any atom is -0.496 e. The summed E-state index contributed by atoms with van der Waals surface area (Å²) in [6.45, 7) is 0.914. The van der Waals surface area contributed by atoms with Crippen molar-refractivity contribution in [3.05, 3.63) is 53.1 Å². The third-order valence-corrected chi connectivity index (χ3v) is 3.73. The molecule has 0 aliphatic carbocycles. The van der Waals surface area contributed by atoms with Gasteiger partial charge in [0.1, 0.15) is 11.5 Å². The Morgan fingerprint density at radius 1 is 1.08 bits per heavy atom. The molecule has 0 aromatic heterocycles. The Bertz CT molecular complexity index is 692. The number of amides is 1. The van der Waals surface area contributed by atoms with Crippen LogP contribution in [0.15, 0.2) is 42.5 Å². The van der Waals surface area contributed by atoms with Crippen LogP contribution >= 0.6 is 11.6 Å². The highest BCUT2D eigenvalue weighted by Crippen LogP contribution is 2.27. The molecule has 128 valence electrons. The molecule has 2 rings (SSSR count). The van der Waals surface area contributed by atoms with Crippen LogP contribution < -0.4 is 20.1 Å². The van der Waals surface area contributed by atoms with E-state index in [1.54, 1.807) is 32.4 Å². The summed E-state index contributed by atoms with van der Waals surface area (Å²) >= 11 is 5.97. The average Bonchev–Trinajstić information content (AvgIpc) is 2.60. The summed E-state index contributed by atoms with van der Waals surface area (Å²) in [5, 5.41) is 6.66. The van der Waals surface area contributed by atoms with Gasteiger partial charge in [0.2, 0.25) is 5.91 Å². The van der Waals surface area contributed by atoms with Crippen LogP contribution in [-0.4, -0.2) is 26.7 Å². The highest BCUT2D eigenvalue weighted by atomic mass is 35.5. The highest BCUT2D eigenvalue weighted by Gasteiger charge is 2.07. The third kappa shape index (κ3) is 5.06. The molecular formula is C18H21ClN2O3. The summed E-state index contributed by atoms with van der Waals surface area (Å²) < 4.78 is 10.5. The van der Waals surface area contributed by atoms with Gasteiger partial charge in [0.05, 0.1) is 19.9 Å². The molecule has 0 saturated carbocycles. The molecule has 1 amide bonds. The number of anilines is 1. The molecule has 2 aromatic rings. The standard InChI is InChI=1S/C18H21ClN2O3/c1-23-16-6-4-3-5-13(16)12-21-18(22)9-10-20-15-11-14(19)7-8-17(15)24-2/h3-8,11,20H,9-10,12H2,1-2H3,(H,21,22). The van der Waals surface area contributed by atoms with E-state index in [-0.39, 0.29) is 5.91 Å². The second kappa shape index (κ2) is 9.03. The van der Waals surface area contributed by atoms with Crippen molar-refractivity contribution >= 4 is 23.2 Å². The number of hydrogen-bond donors (Lipinski definition) is 2. The van der Waals surface area contributed by atoms with E-state index in [2.05, 4.69) is 10.6 Å². The molecule has 0 bridgehead atoms. The second-order valence-corrected chi connectivity index (χ2v) is 5.55. The Balaban J connectivity index is 1.80. The lowest BCUT2D eigenvalue weighted by molar-refractivity contribution is -0.121. The molecule has 0 aliphatic heterocycles. The minimum atomic E-state index is -0.0469. The minimum absolute atomic E-state index is 0.0469. The van der Waals surface area contributed by atoms with Crippen LogP contribution in [0.2, 0.25) is 5.02 Å². The van der Waals surface area contributed by atoms with Crippen LogP contribution in [0.4, 0.5) is 5.69 Å². The lowest BCUT2D eigenvalue weighted by Gasteiger charge is -2.12. The van der Waals surface area contributed by atoms with Gasteiger partial charge >= 0.3 is 0 Å². The predicted octanol–water partition coefficient (Wildman–Crippen LogP) is 3.48. The second-order valence-electron chi connectivity index (χ2n) is 5.11. The van der Waals surface area contributed by atoms with E-state index in [1.807, 2.05) is 24.3 Å². The highest BCUT2D eigenvalue weighted by molar-refractivity contribution is 6.30. The molecule has 0 fully saturated rings. The Morgan fingerprint density at radius 2 is 1.83 bits per heavy atom. The molecule has 0 unspecified atom stereocenters. The molecule has 0 saturated heterocycles. The number of para-hydroxylation sites is 1. The van der Waals surface area contributed by atoms with Crippen LogP contribution in [0.25, 0.3) is 0 Å². The van der Waals surface area contributed by atoms with Gasteiger partial charge in [0.15, 0.2) is 0 Å². The van der Waals surface area contributed by atoms with E-state index < -0.39 is 0 Å². The third-order valence-electron chi connectivity index (χ3n) is 3.50. The molecule has 0 spiro atoms. The number of ether oxygens (including phenoxy) is 2. The number of nitrogens with one attached hydrogen (secondary N) is 2. The normalized spacial score (nSPS) is 10.1. The van der Waals surface area contributed by atoms with Crippen molar-refractivity contribution in [2.45, 2.75) is 13.0 Å². The topological polar surface area (TPSA) is 59.6 Å². The van der Waals surface area contributed by atoms with Gasteiger partial charge in [0, 0.05) is 30.1 Å². The van der Waals surface area contributed by atoms with Gasteiger partial charge in [-0.2, -0.15) is 0 Å². The molecule has 0 aliphatic rings. The molecule has 0 atom stereocenters. The molecule has 24 heavy (non-hydrogen) atoms. The summed E-state index contributed by atoms with van der Waals surface area (Å²) in [6.07, 6.45) is 0.338. The predicted molar refractivity (Wildman–Crippen MR) is 96.0 cm³/mol. The summed E-state index contributed by atoms with van der Waals surface area (Å²) in [4.78, 5) is 12.0. The molecule has 2 aromatic carbocycles. The van der Waals surface area contributed by atoms with Gasteiger partial charge in [-0.25, -0.2) is 0 Å². The van der Waals surface area contributed by atoms with Gasteiger partial charge < -0.3 is 20.1 Å². The zero-order valence-corrected chi connectivity index (χ0v) is 14.5. The Morgan fingerprint density at radius 3 is 2.58 bits per heavy atom. The van der Waals surface area contributed by atoms with Crippen molar-refractivity contribution in [2.24, 2.45) is 0 Å². The molecule has 0 heterocycles. The molecule has 0 radical (unpaired) electrons. The van der Waals surface area contributed by atoms with E-state index >= 15 is 0 Å². The smallest absolute Gasteiger partial charge is 0.222 e. The molecule has 6 heteroatoms. The first-order valence-corrected chi connectivity index (χ1v) is 7.98. The first-order chi connectivity index (χ1) is 11.6. The van der Waals surface area contributed by atoms with Gasteiger partial charge in [-0.15, -0.1) is 0 Å². The van der Waals surface area contributed by atoms with Gasteiger partial charge in [-0.3, -0.25) is 4.79 Å².